The number of furan rings is 1. The number of ether oxygens (including phenoxy) is 1. The molecule has 0 saturated carbocycles. The molecule has 0 fully saturated rings. The maximum atomic E-state index is 12.3. The van der Waals surface area contributed by atoms with Crippen molar-refractivity contribution in [2.45, 2.75) is 18.0 Å². The highest BCUT2D eigenvalue weighted by molar-refractivity contribution is 7.89. The summed E-state index contributed by atoms with van der Waals surface area (Å²) in [5, 5.41) is 4.55. The van der Waals surface area contributed by atoms with E-state index in [9.17, 15) is 18.0 Å². The summed E-state index contributed by atoms with van der Waals surface area (Å²) in [5.74, 6) is -0.664. The van der Waals surface area contributed by atoms with Crippen LogP contribution in [0.5, 0.6) is 0 Å². The monoisotopic (exact) mass is 434 g/mol. The minimum absolute atomic E-state index is 0.00528. The van der Waals surface area contributed by atoms with Crippen molar-refractivity contribution in [2.24, 2.45) is 0 Å². The van der Waals surface area contributed by atoms with Gasteiger partial charge in [0.05, 0.1) is 29.8 Å². The number of hydrogen-bond acceptors (Lipinski definition) is 7. The van der Waals surface area contributed by atoms with Gasteiger partial charge in [0.15, 0.2) is 6.61 Å². The summed E-state index contributed by atoms with van der Waals surface area (Å²) >= 11 is 1.51. The lowest BCUT2D eigenvalue weighted by Crippen LogP contribution is -2.28. The topological polar surface area (TPSA) is 115 Å². The Kier molecular flexibility index (Phi) is 6.81. The maximum absolute atomic E-state index is 12.3. The lowest BCUT2D eigenvalue weighted by atomic mass is 10.2. The Hall–Kier alpha value is -2.95. The van der Waals surface area contributed by atoms with Gasteiger partial charge in [-0.1, -0.05) is 6.07 Å². The molecule has 0 aliphatic rings. The highest BCUT2D eigenvalue weighted by atomic mass is 32.2. The van der Waals surface area contributed by atoms with Crippen molar-refractivity contribution in [1.82, 2.24) is 10.0 Å². The second-order valence-electron chi connectivity index (χ2n) is 5.86. The van der Waals surface area contributed by atoms with Gasteiger partial charge in [0.1, 0.15) is 5.76 Å². The maximum Gasteiger partial charge on any atom is 0.338 e. The molecule has 0 unspecified atom stereocenters. The van der Waals surface area contributed by atoms with Crippen LogP contribution in [0.2, 0.25) is 0 Å². The van der Waals surface area contributed by atoms with Gasteiger partial charge in [-0.05, 0) is 47.8 Å². The van der Waals surface area contributed by atoms with Crippen molar-refractivity contribution in [3.8, 4) is 0 Å². The Morgan fingerprint density at radius 3 is 2.48 bits per heavy atom. The molecule has 0 aliphatic heterocycles. The summed E-state index contributed by atoms with van der Waals surface area (Å²) in [6.07, 6.45) is 1.45. The number of hydrogen-bond donors (Lipinski definition) is 2. The lowest BCUT2D eigenvalue weighted by Gasteiger charge is -2.08. The quantitative estimate of drug-likeness (QED) is 0.500. The molecule has 152 valence electrons. The smallest absolute Gasteiger partial charge is 0.338 e. The second kappa shape index (κ2) is 9.50. The molecule has 0 radical (unpaired) electrons. The van der Waals surface area contributed by atoms with Crippen LogP contribution in [0.15, 0.2) is 69.5 Å². The van der Waals surface area contributed by atoms with Gasteiger partial charge in [0.25, 0.3) is 5.91 Å². The molecule has 0 atom stereocenters. The summed E-state index contributed by atoms with van der Waals surface area (Å²) < 4.78 is 37.0. The van der Waals surface area contributed by atoms with Crippen molar-refractivity contribution < 1.29 is 27.2 Å². The van der Waals surface area contributed by atoms with Crippen molar-refractivity contribution in [3.63, 3.8) is 0 Å². The number of carbonyl (C=O) groups is 2. The van der Waals surface area contributed by atoms with E-state index in [2.05, 4.69) is 10.0 Å². The average Bonchev–Trinajstić information content (AvgIpc) is 3.43. The number of nitrogens with one attached hydrogen (secondary N) is 2. The van der Waals surface area contributed by atoms with Gasteiger partial charge >= 0.3 is 5.97 Å². The van der Waals surface area contributed by atoms with Crippen molar-refractivity contribution >= 4 is 33.2 Å². The van der Waals surface area contributed by atoms with Gasteiger partial charge in [-0.15, -0.1) is 11.3 Å². The molecule has 10 heteroatoms. The average molecular weight is 434 g/mol. The molecule has 2 N–H and O–H groups in total. The minimum atomic E-state index is -3.76. The molecule has 0 aliphatic carbocycles. The van der Waals surface area contributed by atoms with Crippen molar-refractivity contribution in [3.05, 3.63) is 76.4 Å². The fraction of sp³-hybridized carbons (Fsp3) is 0.158. The second-order valence-corrected chi connectivity index (χ2v) is 8.66. The number of benzene rings is 1. The van der Waals surface area contributed by atoms with Crippen LogP contribution in [0.3, 0.4) is 0 Å². The van der Waals surface area contributed by atoms with E-state index in [1.807, 2.05) is 17.5 Å². The Bertz CT molecular complexity index is 1040. The number of amides is 1. The Balaban J connectivity index is 1.49. The van der Waals surface area contributed by atoms with Gasteiger partial charge in [-0.25, -0.2) is 17.9 Å². The van der Waals surface area contributed by atoms with Crippen LogP contribution < -0.4 is 10.0 Å². The summed E-state index contributed by atoms with van der Waals surface area (Å²) in [7, 11) is -3.76. The molecule has 1 amide bonds. The first-order chi connectivity index (χ1) is 13.9. The summed E-state index contributed by atoms with van der Waals surface area (Å²) in [6, 6.07) is 12.3. The van der Waals surface area contributed by atoms with E-state index in [1.54, 1.807) is 12.1 Å². The molecule has 0 bridgehead atoms. The molecule has 1 aromatic carbocycles. The molecule has 0 saturated heterocycles. The first kappa shape index (κ1) is 20.8. The van der Waals surface area contributed by atoms with Crippen LogP contribution in [0.4, 0.5) is 0 Å². The molecule has 3 aromatic rings. The van der Waals surface area contributed by atoms with E-state index in [0.717, 1.165) is 4.88 Å². The molecule has 8 nitrogen and oxygen atoms in total. The zero-order valence-corrected chi connectivity index (χ0v) is 16.8. The van der Waals surface area contributed by atoms with Crippen LogP contribution in [-0.2, 0) is 32.6 Å². The summed E-state index contributed by atoms with van der Waals surface area (Å²) in [5.41, 5.74) is 0.140. The van der Waals surface area contributed by atoms with Crippen LogP contribution >= 0.6 is 11.3 Å². The first-order valence-corrected chi connectivity index (χ1v) is 10.9. The molecule has 0 spiro atoms. The first-order valence-electron chi connectivity index (χ1n) is 8.52. The Labute approximate surface area is 171 Å². The summed E-state index contributed by atoms with van der Waals surface area (Å²) in [6.45, 7) is -0.0414. The minimum Gasteiger partial charge on any atom is -0.468 e. The SMILES string of the molecule is O=C(COC(=O)c1ccc(S(=O)(=O)NCc2ccco2)cc1)NCc1cccs1. The third-order valence-corrected chi connectivity index (χ3v) is 6.08. The van der Waals surface area contributed by atoms with E-state index < -0.39 is 28.5 Å². The standard InChI is InChI=1S/C19H18N2O6S2/c22-18(20-12-16-4-2-10-28-16)13-27-19(23)14-5-7-17(8-6-14)29(24,25)21-11-15-3-1-9-26-15/h1-10,21H,11-13H2,(H,20,22). The number of rotatable bonds is 9. The Morgan fingerprint density at radius 1 is 1.03 bits per heavy atom. The Morgan fingerprint density at radius 2 is 1.83 bits per heavy atom. The fourth-order valence-electron chi connectivity index (χ4n) is 2.30. The highest BCUT2D eigenvalue weighted by Crippen LogP contribution is 2.12. The molecular formula is C19H18N2O6S2. The zero-order chi connectivity index (χ0) is 20.7. The van der Waals surface area contributed by atoms with E-state index in [1.165, 1.54) is 41.9 Å². The zero-order valence-electron chi connectivity index (χ0n) is 15.2. The number of esters is 1. The third kappa shape index (κ3) is 6.01. The van der Waals surface area contributed by atoms with E-state index in [0.29, 0.717) is 12.3 Å². The summed E-state index contributed by atoms with van der Waals surface area (Å²) in [4.78, 5) is 24.8. The van der Waals surface area contributed by atoms with Crippen molar-refractivity contribution in [2.75, 3.05) is 6.61 Å². The highest BCUT2D eigenvalue weighted by Gasteiger charge is 2.16. The van der Waals surface area contributed by atoms with Gasteiger partial charge in [-0.2, -0.15) is 0 Å². The van der Waals surface area contributed by atoms with Crippen LogP contribution in [0, 0.1) is 0 Å². The van der Waals surface area contributed by atoms with Crippen LogP contribution in [-0.4, -0.2) is 26.9 Å². The van der Waals surface area contributed by atoms with E-state index >= 15 is 0 Å². The predicted molar refractivity (Wildman–Crippen MR) is 106 cm³/mol. The largest absolute Gasteiger partial charge is 0.468 e. The number of thiophene rings is 1. The van der Waals surface area contributed by atoms with Crippen molar-refractivity contribution in [1.29, 1.82) is 0 Å². The van der Waals surface area contributed by atoms with Gasteiger partial charge in [0.2, 0.25) is 10.0 Å². The molecule has 2 aromatic heterocycles. The lowest BCUT2D eigenvalue weighted by molar-refractivity contribution is -0.124. The third-order valence-electron chi connectivity index (χ3n) is 3.79. The van der Waals surface area contributed by atoms with Gasteiger partial charge in [-0.3, -0.25) is 4.79 Å². The molecule has 29 heavy (non-hydrogen) atoms. The molecular weight excluding hydrogens is 416 g/mol. The van der Waals surface area contributed by atoms with E-state index in [-0.39, 0.29) is 17.0 Å². The van der Waals surface area contributed by atoms with Gasteiger partial charge in [0, 0.05) is 4.88 Å². The number of sulfonamides is 1. The van der Waals surface area contributed by atoms with Crippen LogP contribution in [0.25, 0.3) is 0 Å². The van der Waals surface area contributed by atoms with Crippen LogP contribution in [0.1, 0.15) is 21.0 Å². The van der Waals surface area contributed by atoms with Gasteiger partial charge < -0.3 is 14.5 Å². The number of carbonyl (C=O) groups excluding carboxylic acids is 2. The molecule has 3 rings (SSSR count). The van der Waals surface area contributed by atoms with E-state index in [4.69, 9.17) is 9.15 Å². The normalized spacial score (nSPS) is 11.2. The fourth-order valence-corrected chi connectivity index (χ4v) is 3.94. The molecule has 2 heterocycles. The predicted octanol–water partition coefficient (Wildman–Crippen LogP) is 2.29.